The molecule has 0 bridgehead atoms. The number of aromatic nitrogens is 1. The predicted molar refractivity (Wildman–Crippen MR) is 92.4 cm³/mol. The highest BCUT2D eigenvalue weighted by Gasteiger charge is 2.39. The van der Waals surface area contributed by atoms with E-state index in [0.29, 0.717) is 17.2 Å². The molecule has 1 aromatic carbocycles. The molecule has 1 fully saturated rings. The molecule has 1 aromatic heterocycles. The second-order valence-corrected chi connectivity index (χ2v) is 8.71. The number of benzene rings is 1. The second kappa shape index (κ2) is 6.33. The standard InChI is InChI=1S/C18H24N2O3S/c1-12(2)15-11-17(23-19-15)16-6-5-9-20(16)24(21,22)18-10-13(3)7-8-14(18)4/h7-8,10-12,16H,5-6,9H2,1-4H3/t16-/m1/s1. The van der Waals surface area contributed by atoms with Crippen LogP contribution in [0.25, 0.3) is 0 Å². The average molecular weight is 348 g/mol. The Labute approximate surface area is 143 Å². The van der Waals surface area contributed by atoms with E-state index in [9.17, 15) is 8.42 Å². The van der Waals surface area contributed by atoms with E-state index < -0.39 is 10.0 Å². The van der Waals surface area contributed by atoms with Crippen LogP contribution >= 0.6 is 0 Å². The highest BCUT2D eigenvalue weighted by molar-refractivity contribution is 7.89. The third kappa shape index (κ3) is 3.00. The van der Waals surface area contributed by atoms with Gasteiger partial charge in [-0.2, -0.15) is 4.31 Å². The number of nitrogens with zero attached hydrogens (tertiary/aromatic N) is 2. The summed E-state index contributed by atoms with van der Waals surface area (Å²) in [7, 11) is -3.55. The van der Waals surface area contributed by atoms with Gasteiger partial charge in [0.25, 0.3) is 0 Å². The molecule has 0 N–H and O–H groups in total. The molecule has 5 nitrogen and oxygen atoms in total. The molecule has 0 aliphatic carbocycles. The maximum atomic E-state index is 13.2. The average Bonchev–Trinajstić information content (AvgIpc) is 3.17. The summed E-state index contributed by atoms with van der Waals surface area (Å²) in [6.07, 6.45) is 1.59. The summed E-state index contributed by atoms with van der Waals surface area (Å²) in [6, 6.07) is 7.17. The lowest BCUT2D eigenvalue weighted by molar-refractivity contribution is 0.295. The number of rotatable bonds is 4. The van der Waals surface area contributed by atoms with Crippen molar-refractivity contribution in [3.63, 3.8) is 0 Å². The molecule has 1 saturated heterocycles. The fourth-order valence-corrected chi connectivity index (χ4v) is 5.13. The van der Waals surface area contributed by atoms with Crippen molar-refractivity contribution in [2.45, 2.75) is 57.4 Å². The van der Waals surface area contributed by atoms with Gasteiger partial charge < -0.3 is 4.52 Å². The summed E-state index contributed by atoms with van der Waals surface area (Å²) in [5, 5.41) is 4.08. The zero-order chi connectivity index (χ0) is 17.5. The molecule has 0 spiro atoms. The summed E-state index contributed by atoms with van der Waals surface area (Å²) in [5.41, 5.74) is 2.57. The third-order valence-electron chi connectivity index (χ3n) is 4.60. The van der Waals surface area contributed by atoms with Gasteiger partial charge in [0, 0.05) is 12.6 Å². The Kier molecular flexibility index (Phi) is 4.53. The van der Waals surface area contributed by atoms with Crippen LogP contribution in [0.2, 0.25) is 0 Å². The number of sulfonamides is 1. The molecule has 0 amide bonds. The molecule has 130 valence electrons. The fraction of sp³-hybridized carbons (Fsp3) is 0.500. The van der Waals surface area contributed by atoms with Gasteiger partial charge >= 0.3 is 0 Å². The molecule has 3 rings (SSSR count). The first-order valence-corrected chi connectivity index (χ1v) is 9.80. The van der Waals surface area contributed by atoms with Gasteiger partial charge in [-0.1, -0.05) is 31.1 Å². The predicted octanol–water partition coefficient (Wildman–Crippen LogP) is 3.94. The largest absolute Gasteiger partial charge is 0.359 e. The van der Waals surface area contributed by atoms with Crippen LogP contribution in [0.1, 0.15) is 61.2 Å². The number of aryl methyl sites for hydroxylation is 2. The van der Waals surface area contributed by atoms with Crippen LogP contribution in [0.5, 0.6) is 0 Å². The lowest BCUT2D eigenvalue weighted by atomic mass is 10.1. The van der Waals surface area contributed by atoms with E-state index in [4.69, 9.17) is 4.52 Å². The van der Waals surface area contributed by atoms with E-state index in [1.165, 1.54) is 0 Å². The van der Waals surface area contributed by atoms with Gasteiger partial charge in [-0.15, -0.1) is 0 Å². The zero-order valence-electron chi connectivity index (χ0n) is 14.6. The third-order valence-corrected chi connectivity index (χ3v) is 6.65. The van der Waals surface area contributed by atoms with E-state index in [1.807, 2.05) is 45.9 Å². The smallest absolute Gasteiger partial charge is 0.244 e. The summed E-state index contributed by atoms with van der Waals surface area (Å²) in [4.78, 5) is 0.387. The number of hydrogen-bond acceptors (Lipinski definition) is 4. The van der Waals surface area contributed by atoms with E-state index in [2.05, 4.69) is 5.16 Å². The van der Waals surface area contributed by atoms with Gasteiger partial charge in [-0.25, -0.2) is 8.42 Å². The zero-order valence-corrected chi connectivity index (χ0v) is 15.4. The van der Waals surface area contributed by atoms with Crippen LogP contribution in [0, 0.1) is 13.8 Å². The van der Waals surface area contributed by atoms with Gasteiger partial charge in [0.2, 0.25) is 10.0 Å². The molecule has 2 aromatic rings. The quantitative estimate of drug-likeness (QED) is 0.839. The second-order valence-electron chi connectivity index (χ2n) is 6.85. The Hall–Kier alpha value is -1.66. The van der Waals surface area contributed by atoms with Crippen LogP contribution in [0.3, 0.4) is 0 Å². The molecule has 1 aliphatic heterocycles. The number of hydrogen-bond donors (Lipinski definition) is 0. The highest BCUT2D eigenvalue weighted by atomic mass is 32.2. The van der Waals surface area contributed by atoms with E-state index in [0.717, 1.165) is 29.7 Å². The molecule has 0 saturated carbocycles. The minimum Gasteiger partial charge on any atom is -0.359 e. The Bertz CT molecular complexity index is 840. The summed E-state index contributed by atoms with van der Waals surface area (Å²) in [6.45, 7) is 8.34. The topological polar surface area (TPSA) is 63.4 Å². The maximum Gasteiger partial charge on any atom is 0.244 e. The van der Waals surface area contributed by atoms with Crippen molar-refractivity contribution in [3.8, 4) is 0 Å². The first kappa shape index (κ1) is 17.2. The first-order chi connectivity index (χ1) is 11.3. The lowest BCUT2D eigenvalue weighted by Gasteiger charge is -2.23. The van der Waals surface area contributed by atoms with E-state index >= 15 is 0 Å². The summed E-state index contributed by atoms with van der Waals surface area (Å²) < 4.78 is 33.4. The van der Waals surface area contributed by atoms with Crippen LogP contribution in [0.15, 0.2) is 33.7 Å². The lowest BCUT2D eigenvalue weighted by Crippen LogP contribution is -2.31. The SMILES string of the molecule is Cc1ccc(C)c(S(=O)(=O)N2CCC[C@@H]2c2cc(C(C)C)no2)c1. The van der Waals surface area contributed by atoms with Crippen LogP contribution in [-0.2, 0) is 10.0 Å². The van der Waals surface area contributed by atoms with Crippen molar-refractivity contribution in [2.24, 2.45) is 0 Å². The van der Waals surface area contributed by atoms with Crippen molar-refractivity contribution >= 4 is 10.0 Å². The van der Waals surface area contributed by atoms with Crippen molar-refractivity contribution in [1.29, 1.82) is 0 Å². The molecule has 24 heavy (non-hydrogen) atoms. The summed E-state index contributed by atoms with van der Waals surface area (Å²) in [5.74, 6) is 0.901. The molecule has 1 aliphatic rings. The molecule has 6 heteroatoms. The van der Waals surface area contributed by atoms with Crippen molar-refractivity contribution < 1.29 is 12.9 Å². The van der Waals surface area contributed by atoms with Gasteiger partial charge in [-0.05, 0) is 49.8 Å². The van der Waals surface area contributed by atoms with Gasteiger partial charge in [0.05, 0.1) is 16.6 Å². The molecule has 0 radical (unpaired) electrons. The van der Waals surface area contributed by atoms with Crippen LogP contribution in [-0.4, -0.2) is 24.4 Å². The molecule has 0 unspecified atom stereocenters. The molecule has 1 atom stereocenters. The van der Waals surface area contributed by atoms with E-state index in [1.54, 1.807) is 10.4 Å². The van der Waals surface area contributed by atoms with Crippen molar-refractivity contribution in [3.05, 3.63) is 46.8 Å². The highest BCUT2D eigenvalue weighted by Crippen LogP contribution is 2.38. The maximum absolute atomic E-state index is 13.2. The Morgan fingerprint density at radius 3 is 2.67 bits per heavy atom. The van der Waals surface area contributed by atoms with Gasteiger partial charge in [-0.3, -0.25) is 0 Å². The molecule has 2 heterocycles. The Balaban J connectivity index is 1.98. The molecular formula is C18H24N2O3S. The van der Waals surface area contributed by atoms with Crippen molar-refractivity contribution in [2.75, 3.05) is 6.54 Å². The first-order valence-electron chi connectivity index (χ1n) is 8.36. The monoisotopic (exact) mass is 348 g/mol. The van der Waals surface area contributed by atoms with Crippen LogP contribution < -0.4 is 0 Å². The van der Waals surface area contributed by atoms with Crippen LogP contribution in [0.4, 0.5) is 0 Å². The Morgan fingerprint density at radius 2 is 2.00 bits per heavy atom. The van der Waals surface area contributed by atoms with Gasteiger partial charge in [0.15, 0.2) is 5.76 Å². The normalized spacial score (nSPS) is 19.3. The Morgan fingerprint density at radius 1 is 1.25 bits per heavy atom. The van der Waals surface area contributed by atoms with Gasteiger partial charge in [0.1, 0.15) is 0 Å². The van der Waals surface area contributed by atoms with E-state index in [-0.39, 0.29) is 12.0 Å². The van der Waals surface area contributed by atoms with Crippen molar-refractivity contribution in [1.82, 2.24) is 9.46 Å². The summed E-state index contributed by atoms with van der Waals surface area (Å²) >= 11 is 0. The minimum atomic E-state index is -3.55. The minimum absolute atomic E-state index is 0.257. The fourth-order valence-electron chi connectivity index (χ4n) is 3.16. The molecular weight excluding hydrogens is 324 g/mol.